The molecule has 0 amide bonds. The van der Waals surface area contributed by atoms with Crippen LogP contribution in [0.15, 0.2) is 18.2 Å². The van der Waals surface area contributed by atoms with E-state index in [1.165, 1.54) is 6.07 Å². The largest absolute Gasteiger partial charge is 0.416 e. The minimum Gasteiger partial charge on any atom is -0.329 e. The molecule has 2 rings (SSSR count). The van der Waals surface area contributed by atoms with Crippen molar-refractivity contribution in [2.24, 2.45) is 5.73 Å². The first kappa shape index (κ1) is 15.3. The summed E-state index contributed by atoms with van der Waals surface area (Å²) in [5.41, 5.74) is 4.84. The zero-order chi connectivity index (χ0) is 14.9. The van der Waals surface area contributed by atoms with Crippen LogP contribution in [0.1, 0.15) is 36.9 Å². The number of rotatable bonds is 3. The Morgan fingerprint density at radius 3 is 2.60 bits per heavy atom. The van der Waals surface area contributed by atoms with Crippen molar-refractivity contribution in [3.63, 3.8) is 0 Å². The summed E-state index contributed by atoms with van der Waals surface area (Å²) in [5.74, 6) is -0.883. The van der Waals surface area contributed by atoms with E-state index in [1.807, 2.05) is 11.8 Å². The molecule has 0 saturated carbocycles. The fraction of sp³-hybridized carbons (Fsp3) is 0.571. The fourth-order valence-electron chi connectivity index (χ4n) is 2.92. The molecule has 2 nitrogen and oxygen atoms in total. The lowest BCUT2D eigenvalue weighted by Crippen LogP contribution is -2.37. The van der Waals surface area contributed by atoms with Crippen LogP contribution >= 0.6 is 0 Å². The maximum absolute atomic E-state index is 13.2. The van der Waals surface area contributed by atoms with Gasteiger partial charge >= 0.3 is 6.18 Å². The van der Waals surface area contributed by atoms with Gasteiger partial charge in [-0.3, -0.25) is 4.90 Å². The lowest BCUT2D eigenvalue weighted by molar-refractivity contribution is -0.139. The molecule has 2 unspecified atom stereocenters. The van der Waals surface area contributed by atoms with Crippen LogP contribution in [0.5, 0.6) is 0 Å². The van der Waals surface area contributed by atoms with Crippen LogP contribution in [0.25, 0.3) is 0 Å². The van der Waals surface area contributed by atoms with E-state index in [1.54, 1.807) is 0 Å². The molecule has 0 bridgehead atoms. The molecule has 1 fully saturated rings. The number of hydrogen-bond acceptors (Lipinski definition) is 2. The molecule has 1 aliphatic heterocycles. The maximum Gasteiger partial charge on any atom is 0.416 e. The van der Waals surface area contributed by atoms with Gasteiger partial charge < -0.3 is 5.73 Å². The first-order valence-corrected chi connectivity index (χ1v) is 6.67. The molecule has 1 saturated heterocycles. The molecule has 2 atom stereocenters. The number of halogens is 4. The summed E-state index contributed by atoms with van der Waals surface area (Å²) in [5, 5.41) is 0. The third kappa shape index (κ3) is 2.96. The minimum absolute atomic E-state index is 0.0650. The number of benzene rings is 1. The SMILES string of the molecule is CC1CCCN1C(CN)c1ccc(F)cc1C(F)(F)F. The average molecular weight is 290 g/mol. The molecular formula is C14H18F4N2. The summed E-state index contributed by atoms with van der Waals surface area (Å²) in [6, 6.07) is 2.49. The lowest BCUT2D eigenvalue weighted by Gasteiger charge is -2.32. The molecule has 0 spiro atoms. The summed E-state index contributed by atoms with van der Waals surface area (Å²) < 4.78 is 52.4. The molecule has 112 valence electrons. The van der Waals surface area contributed by atoms with E-state index >= 15 is 0 Å². The van der Waals surface area contributed by atoms with E-state index < -0.39 is 23.6 Å². The Morgan fingerprint density at radius 1 is 1.40 bits per heavy atom. The number of likely N-dealkylation sites (tertiary alicyclic amines) is 1. The van der Waals surface area contributed by atoms with Gasteiger partial charge in [0.15, 0.2) is 0 Å². The second kappa shape index (κ2) is 5.69. The third-order valence-corrected chi connectivity index (χ3v) is 3.91. The highest BCUT2D eigenvalue weighted by Gasteiger charge is 2.38. The molecular weight excluding hydrogens is 272 g/mol. The number of hydrogen-bond donors (Lipinski definition) is 1. The van der Waals surface area contributed by atoms with Crippen LogP contribution in [-0.2, 0) is 6.18 Å². The summed E-state index contributed by atoms with van der Waals surface area (Å²) in [6.07, 6.45) is -2.69. The van der Waals surface area contributed by atoms with E-state index in [0.717, 1.165) is 25.5 Å². The minimum atomic E-state index is -4.58. The third-order valence-electron chi connectivity index (χ3n) is 3.91. The Hall–Kier alpha value is -1.14. The van der Waals surface area contributed by atoms with E-state index in [0.29, 0.717) is 6.07 Å². The molecule has 1 aromatic rings. The van der Waals surface area contributed by atoms with Gasteiger partial charge in [0, 0.05) is 18.6 Å². The summed E-state index contributed by atoms with van der Waals surface area (Å²) >= 11 is 0. The fourth-order valence-corrected chi connectivity index (χ4v) is 2.92. The monoisotopic (exact) mass is 290 g/mol. The maximum atomic E-state index is 13.2. The van der Waals surface area contributed by atoms with Gasteiger partial charge in [-0.1, -0.05) is 6.07 Å². The van der Waals surface area contributed by atoms with Crippen molar-refractivity contribution in [3.05, 3.63) is 35.1 Å². The second-order valence-corrected chi connectivity index (χ2v) is 5.21. The molecule has 0 aliphatic carbocycles. The van der Waals surface area contributed by atoms with Gasteiger partial charge in [0.1, 0.15) is 5.82 Å². The van der Waals surface area contributed by atoms with Gasteiger partial charge in [0.2, 0.25) is 0 Å². The predicted octanol–water partition coefficient (Wildman–Crippen LogP) is 3.33. The average Bonchev–Trinajstić information content (AvgIpc) is 2.77. The van der Waals surface area contributed by atoms with E-state index in [4.69, 9.17) is 5.73 Å². The highest BCUT2D eigenvalue weighted by molar-refractivity contribution is 5.33. The first-order chi connectivity index (χ1) is 9.34. The summed E-state index contributed by atoms with van der Waals surface area (Å²) in [6.45, 7) is 2.78. The van der Waals surface area contributed by atoms with Gasteiger partial charge in [-0.05, 0) is 44.0 Å². The lowest BCUT2D eigenvalue weighted by atomic mass is 9.97. The Bertz CT molecular complexity index is 473. The van der Waals surface area contributed by atoms with Crippen molar-refractivity contribution in [2.75, 3.05) is 13.1 Å². The standard InChI is InChI=1S/C14H18F4N2/c1-9-3-2-6-20(9)13(8-19)11-5-4-10(15)7-12(11)14(16,17)18/h4-5,7,9,13H,2-3,6,8,19H2,1H3. The molecule has 20 heavy (non-hydrogen) atoms. The van der Waals surface area contributed by atoms with Crippen LogP contribution in [0.2, 0.25) is 0 Å². The smallest absolute Gasteiger partial charge is 0.329 e. The summed E-state index contributed by atoms with van der Waals surface area (Å²) in [7, 11) is 0. The van der Waals surface area contributed by atoms with E-state index in [2.05, 4.69) is 0 Å². The van der Waals surface area contributed by atoms with Gasteiger partial charge in [-0.15, -0.1) is 0 Å². The van der Waals surface area contributed by atoms with Gasteiger partial charge in [-0.25, -0.2) is 4.39 Å². The van der Waals surface area contributed by atoms with E-state index in [-0.39, 0.29) is 18.2 Å². The quantitative estimate of drug-likeness (QED) is 0.865. The van der Waals surface area contributed by atoms with Gasteiger partial charge in [0.05, 0.1) is 5.56 Å². The molecule has 1 heterocycles. The van der Waals surface area contributed by atoms with Crippen LogP contribution < -0.4 is 5.73 Å². The van der Waals surface area contributed by atoms with Crippen molar-refractivity contribution in [3.8, 4) is 0 Å². The van der Waals surface area contributed by atoms with Gasteiger partial charge in [-0.2, -0.15) is 13.2 Å². The molecule has 2 N–H and O–H groups in total. The predicted molar refractivity (Wildman–Crippen MR) is 68.6 cm³/mol. The van der Waals surface area contributed by atoms with Crippen molar-refractivity contribution in [1.82, 2.24) is 4.90 Å². The zero-order valence-electron chi connectivity index (χ0n) is 11.3. The highest BCUT2D eigenvalue weighted by atomic mass is 19.4. The topological polar surface area (TPSA) is 29.3 Å². The molecule has 6 heteroatoms. The van der Waals surface area contributed by atoms with Crippen LogP contribution in [0, 0.1) is 5.82 Å². The molecule has 1 aromatic carbocycles. The Morgan fingerprint density at radius 2 is 2.10 bits per heavy atom. The van der Waals surface area contributed by atoms with E-state index in [9.17, 15) is 17.6 Å². The Balaban J connectivity index is 2.44. The normalized spacial score (nSPS) is 22.2. The van der Waals surface area contributed by atoms with Crippen molar-refractivity contribution < 1.29 is 17.6 Å². The first-order valence-electron chi connectivity index (χ1n) is 6.67. The zero-order valence-corrected chi connectivity index (χ0v) is 11.3. The molecule has 0 aromatic heterocycles. The number of nitrogens with two attached hydrogens (primary N) is 1. The molecule has 1 aliphatic rings. The highest BCUT2D eigenvalue weighted by Crippen LogP contribution is 2.38. The van der Waals surface area contributed by atoms with Crippen LogP contribution in [-0.4, -0.2) is 24.0 Å². The van der Waals surface area contributed by atoms with Crippen molar-refractivity contribution in [2.45, 2.75) is 38.0 Å². The second-order valence-electron chi connectivity index (χ2n) is 5.21. The number of nitrogens with zero attached hydrogens (tertiary/aromatic N) is 1. The molecule has 0 radical (unpaired) electrons. The van der Waals surface area contributed by atoms with Crippen molar-refractivity contribution >= 4 is 0 Å². The number of alkyl halides is 3. The van der Waals surface area contributed by atoms with Crippen LogP contribution in [0.3, 0.4) is 0 Å². The Labute approximate surface area is 115 Å². The van der Waals surface area contributed by atoms with Crippen molar-refractivity contribution in [1.29, 1.82) is 0 Å². The van der Waals surface area contributed by atoms with Crippen LogP contribution in [0.4, 0.5) is 17.6 Å². The van der Waals surface area contributed by atoms with Gasteiger partial charge in [0.25, 0.3) is 0 Å². The Kier molecular flexibility index (Phi) is 4.34. The summed E-state index contributed by atoms with van der Waals surface area (Å²) in [4.78, 5) is 1.97.